The van der Waals surface area contributed by atoms with Crippen LogP contribution in [0.5, 0.6) is 5.75 Å². The number of para-hydroxylation sites is 1. The van der Waals surface area contributed by atoms with E-state index >= 15 is 0 Å². The van der Waals surface area contributed by atoms with Gasteiger partial charge >= 0.3 is 0 Å². The largest absolute Gasteiger partial charge is 0.493 e. The highest BCUT2D eigenvalue weighted by Crippen LogP contribution is 2.18. The summed E-state index contributed by atoms with van der Waals surface area (Å²) in [5.41, 5.74) is 6.17. The van der Waals surface area contributed by atoms with Crippen molar-refractivity contribution in [1.29, 1.82) is 0 Å². The lowest BCUT2D eigenvalue weighted by Gasteiger charge is -2.16. The molecule has 2 rings (SSSR count). The zero-order valence-electron chi connectivity index (χ0n) is 14.7. The molecule has 6 nitrogen and oxygen atoms in total. The van der Waals surface area contributed by atoms with E-state index in [0.29, 0.717) is 49.8 Å². The minimum atomic E-state index is -0.170. The van der Waals surface area contributed by atoms with Crippen LogP contribution >= 0.6 is 12.4 Å². The molecule has 7 heteroatoms. The standard InChI is InChI=1S/C18H27N3O3.ClH/c1-2-24-16-7-4-3-6-15(16)18(23)20-10-5-8-17(22)21-11-9-14(12-19)13-21;/h3-4,6-7,14H,2,5,8-13,19H2,1H3,(H,20,23);1H. The first-order valence-electron chi connectivity index (χ1n) is 8.63. The minimum absolute atomic E-state index is 0. The van der Waals surface area contributed by atoms with E-state index in [2.05, 4.69) is 5.32 Å². The van der Waals surface area contributed by atoms with Crippen molar-refractivity contribution in [3.05, 3.63) is 29.8 Å². The van der Waals surface area contributed by atoms with Crippen molar-refractivity contribution in [1.82, 2.24) is 10.2 Å². The van der Waals surface area contributed by atoms with Gasteiger partial charge in [-0.15, -0.1) is 12.4 Å². The number of ether oxygens (including phenoxy) is 1. The SMILES string of the molecule is CCOc1ccccc1C(=O)NCCCC(=O)N1CCC(CN)C1.Cl. The second kappa shape index (κ2) is 10.9. The summed E-state index contributed by atoms with van der Waals surface area (Å²) < 4.78 is 5.46. The predicted molar refractivity (Wildman–Crippen MR) is 100 cm³/mol. The fourth-order valence-electron chi connectivity index (χ4n) is 2.88. The third-order valence-electron chi connectivity index (χ3n) is 4.26. The number of halogens is 1. The van der Waals surface area contributed by atoms with Crippen LogP contribution in [-0.4, -0.2) is 49.5 Å². The molecule has 0 radical (unpaired) electrons. The summed E-state index contributed by atoms with van der Waals surface area (Å²) in [4.78, 5) is 26.2. The number of amides is 2. The summed E-state index contributed by atoms with van der Waals surface area (Å²) >= 11 is 0. The van der Waals surface area contributed by atoms with Crippen LogP contribution in [-0.2, 0) is 4.79 Å². The van der Waals surface area contributed by atoms with Crippen molar-refractivity contribution in [2.24, 2.45) is 11.7 Å². The molecule has 1 heterocycles. The van der Waals surface area contributed by atoms with Crippen molar-refractivity contribution < 1.29 is 14.3 Å². The monoisotopic (exact) mass is 369 g/mol. The van der Waals surface area contributed by atoms with E-state index in [1.165, 1.54) is 0 Å². The van der Waals surface area contributed by atoms with Gasteiger partial charge in [0.05, 0.1) is 12.2 Å². The van der Waals surface area contributed by atoms with Gasteiger partial charge in [-0.2, -0.15) is 0 Å². The van der Waals surface area contributed by atoms with Gasteiger partial charge in [0.25, 0.3) is 5.91 Å². The Morgan fingerprint density at radius 2 is 2.12 bits per heavy atom. The van der Waals surface area contributed by atoms with Gasteiger partial charge in [-0.1, -0.05) is 12.1 Å². The Labute approximate surface area is 155 Å². The molecular weight excluding hydrogens is 342 g/mol. The third-order valence-corrected chi connectivity index (χ3v) is 4.26. The van der Waals surface area contributed by atoms with E-state index < -0.39 is 0 Å². The van der Waals surface area contributed by atoms with E-state index in [0.717, 1.165) is 19.5 Å². The van der Waals surface area contributed by atoms with Crippen molar-refractivity contribution in [3.8, 4) is 5.75 Å². The Bertz CT molecular complexity index is 568. The van der Waals surface area contributed by atoms with Crippen molar-refractivity contribution >= 4 is 24.2 Å². The normalized spacial score (nSPS) is 16.2. The lowest BCUT2D eigenvalue weighted by Crippen LogP contribution is -2.31. The molecule has 1 fully saturated rings. The second-order valence-corrected chi connectivity index (χ2v) is 6.02. The maximum atomic E-state index is 12.2. The van der Waals surface area contributed by atoms with Crippen LogP contribution in [0.3, 0.4) is 0 Å². The Morgan fingerprint density at radius 1 is 1.36 bits per heavy atom. The molecule has 0 saturated carbocycles. The second-order valence-electron chi connectivity index (χ2n) is 6.02. The van der Waals surface area contributed by atoms with Gasteiger partial charge in [-0.3, -0.25) is 9.59 Å². The molecule has 1 aliphatic heterocycles. The molecule has 140 valence electrons. The van der Waals surface area contributed by atoms with E-state index in [-0.39, 0.29) is 24.2 Å². The molecule has 0 aromatic heterocycles. The minimum Gasteiger partial charge on any atom is -0.493 e. The highest BCUT2D eigenvalue weighted by Gasteiger charge is 2.24. The zero-order chi connectivity index (χ0) is 17.4. The fourth-order valence-corrected chi connectivity index (χ4v) is 2.88. The predicted octanol–water partition coefficient (Wildman–Crippen LogP) is 1.82. The molecule has 1 atom stereocenters. The van der Waals surface area contributed by atoms with Crippen LogP contribution in [0.25, 0.3) is 0 Å². The fraction of sp³-hybridized carbons (Fsp3) is 0.556. The maximum absolute atomic E-state index is 12.2. The number of hydrogen-bond donors (Lipinski definition) is 2. The number of carbonyl (C=O) groups is 2. The maximum Gasteiger partial charge on any atom is 0.255 e. The van der Waals surface area contributed by atoms with E-state index in [1.54, 1.807) is 12.1 Å². The number of hydrogen-bond acceptors (Lipinski definition) is 4. The van der Waals surface area contributed by atoms with Crippen LogP contribution < -0.4 is 15.8 Å². The summed E-state index contributed by atoms with van der Waals surface area (Å²) in [6.45, 7) is 5.07. The van der Waals surface area contributed by atoms with E-state index in [9.17, 15) is 9.59 Å². The van der Waals surface area contributed by atoms with Crippen molar-refractivity contribution in [2.75, 3.05) is 32.8 Å². The van der Waals surface area contributed by atoms with Crippen LogP contribution in [0.2, 0.25) is 0 Å². The number of nitrogens with two attached hydrogens (primary N) is 1. The quantitative estimate of drug-likeness (QED) is 0.684. The van der Waals surface area contributed by atoms with Crippen LogP contribution in [0.4, 0.5) is 0 Å². The van der Waals surface area contributed by atoms with Gasteiger partial charge < -0.3 is 20.7 Å². The molecule has 0 bridgehead atoms. The Kier molecular flexibility index (Phi) is 9.31. The van der Waals surface area contributed by atoms with Crippen molar-refractivity contribution in [2.45, 2.75) is 26.2 Å². The molecule has 1 unspecified atom stereocenters. The van der Waals surface area contributed by atoms with Crippen LogP contribution in [0, 0.1) is 5.92 Å². The molecular formula is C18H28ClN3O3. The van der Waals surface area contributed by atoms with E-state index in [1.807, 2.05) is 24.0 Å². The molecule has 25 heavy (non-hydrogen) atoms. The molecule has 0 spiro atoms. The molecule has 1 saturated heterocycles. The average molecular weight is 370 g/mol. The molecule has 1 aromatic carbocycles. The first-order chi connectivity index (χ1) is 11.7. The van der Waals surface area contributed by atoms with Gasteiger partial charge in [0.1, 0.15) is 5.75 Å². The van der Waals surface area contributed by atoms with E-state index in [4.69, 9.17) is 10.5 Å². The van der Waals surface area contributed by atoms with Gasteiger partial charge in [-0.05, 0) is 44.4 Å². The lowest BCUT2D eigenvalue weighted by atomic mass is 10.1. The molecule has 1 aromatic rings. The molecule has 3 N–H and O–H groups in total. The summed E-state index contributed by atoms with van der Waals surface area (Å²) in [5.74, 6) is 0.993. The first-order valence-corrected chi connectivity index (χ1v) is 8.63. The Morgan fingerprint density at radius 3 is 2.80 bits per heavy atom. The Balaban J connectivity index is 0.00000312. The number of likely N-dealkylation sites (tertiary alicyclic amines) is 1. The molecule has 2 amide bonds. The lowest BCUT2D eigenvalue weighted by molar-refractivity contribution is -0.130. The number of benzene rings is 1. The summed E-state index contributed by atoms with van der Waals surface area (Å²) in [6, 6.07) is 7.17. The first kappa shape index (κ1) is 21.3. The average Bonchev–Trinajstić information content (AvgIpc) is 3.08. The zero-order valence-corrected chi connectivity index (χ0v) is 15.5. The highest BCUT2D eigenvalue weighted by atomic mass is 35.5. The van der Waals surface area contributed by atoms with Gasteiger partial charge in [-0.25, -0.2) is 0 Å². The van der Waals surface area contributed by atoms with Crippen LogP contribution in [0.15, 0.2) is 24.3 Å². The number of nitrogens with one attached hydrogen (secondary N) is 1. The van der Waals surface area contributed by atoms with Gasteiger partial charge in [0.2, 0.25) is 5.91 Å². The summed E-state index contributed by atoms with van der Waals surface area (Å²) in [6.07, 6.45) is 2.07. The Hall–Kier alpha value is -1.79. The van der Waals surface area contributed by atoms with Gasteiger partial charge in [0.15, 0.2) is 0 Å². The smallest absolute Gasteiger partial charge is 0.255 e. The number of nitrogens with zero attached hydrogens (tertiary/aromatic N) is 1. The topological polar surface area (TPSA) is 84.7 Å². The van der Waals surface area contributed by atoms with Crippen molar-refractivity contribution in [3.63, 3.8) is 0 Å². The molecule has 0 aliphatic carbocycles. The highest BCUT2D eigenvalue weighted by molar-refractivity contribution is 5.96. The number of rotatable bonds is 8. The van der Waals surface area contributed by atoms with Gasteiger partial charge in [0, 0.05) is 26.1 Å². The summed E-state index contributed by atoms with van der Waals surface area (Å²) in [5, 5.41) is 2.85. The molecule has 1 aliphatic rings. The third kappa shape index (κ3) is 6.21. The summed E-state index contributed by atoms with van der Waals surface area (Å²) in [7, 11) is 0. The van der Waals surface area contributed by atoms with Crippen LogP contribution in [0.1, 0.15) is 36.5 Å². The number of carbonyl (C=O) groups excluding carboxylic acids is 2.